The van der Waals surface area contributed by atoms with Gasteiger partial charge in [-0.15, -0.1) is 0 Å². The van der Waals surface area contributed by atoms with Crippen molar-refractivity contribution >= 4 is 23.6 Å². The summed E-state index contributed by atoms with van der Waals surface area (Å²) in [7, 11) is 1.77. The molecule has 1 rings (SSSR count). The summed E-state index contributed by atoms with van der Waals surface area (Å²) in [5, 5.41) is 0. The molecule has 0 amide bonds. The summed E-state index contributed by atoms with van der Waals surface area (Å²) in [5.74, 6) is 0.143. The Labute approximate surface area is 134 Å². The number of ketones is 1. The minimum Gasteiger partial charge on any atom is -0.300 e. The van der Waals surface area contributed by atoms with E-state index in [4.69, 9.17) is 0 Å². The second-order valence-corrected chi connectivity index (χ2v) is 5.40. The van der Waals surface area contributed by atoms with Gasteiger partial charge in [-0.25, -0.2) is 0 Å². The number of carbonyl (C=O) groups excluding carboxylic acids is 1. The van der Waals surface area contributed by atoms with Crippen molar-refractivity contribution in [2.24, 2.45) is 4.99 Å². The lowest BCUT2D eigenvalue weighted by molar-refractivity contribution is -0.116. The Morgan fingerprint density at radius 3 is 2.50 bits per heavy atom. The Balaban J connectivity index is 3.46. The highest BCUT2D eigenvalue weighted by Gasteiger charge is 2.09. The molecule has 0 bridgehead atoms. The van der Waals surface area contributed by atoms with Gasteiger partial charge in [-0.1, -0.05) is 36.9 Å². The number of carbonyl (C=O) groups is 1. The number of hydrogen-bond donors (Lipinski definition) is 0. The van der Waals surface area contributed by atoms with Crippen LogP contribution < -0.4 is 0 Å². The molecule has 0 heterocycles. The van der Waals surface area contributed by atoms with Gasteiger partial charge in [-0.05, 0) is 61.1 Å². The van der Waals surface area contributed by atoms with Crippen molar-refractivity contribution in [1.82, 2.24) is 0 Å². The zero-order valence-corrected chi connectivity index (χ0v) is 14.2. The van der Waals surface area contributed by atoms with E-state index >= 15 is 0 Å². The van der Waals surface area contributed by atoms with Gasteiger partial charge >= 0.3 is 0 Å². The van der Waals surface area contributed by atoms with Gasteiger partial charge in [0.2, 0.25) is 0 Å². The molecule has 1 aromatic rings. The average Bonchev–Trinajstić information content (AvgIpc) is 2.48. The Bertz CT molecular complexity index is 661. The minimum absolute atomic E-state index is 0.143. The van der Waals surface area contributed by atoms with Crippen molar-refractivity contribution < 1.29 is 4.79 Å². The summed E-state index contributed by atoms with van der Waals surface area (Å²) in [4.78, 5) is 15.5. The van der Waals surface area contributed by atoms with E-state index in [1.807, 2.05) is 13.1 Å². The SMILES string of the molecule is C=C/C(=C\c1c(C)ccc(C(/C=N\C)=C/C)c1C)CC(C)=O. The van der Waals surface area contributed by atoms with E-state index in [1.54, 1.807) is 20.0 Å². The molecule has 0 radical (unpaired) electrons. The molecule has 0 aliphatic rings. The maximum atomic E-state index is 11.4. The largest absolute Gasteiger partial charge is 0.300 e. The van der Waals surface area contributed by atoms with Crippen LogP contribution in [0.5, 0.6) is 0 Å². The molecular formula is C20H25NO. The maximum Gasteiger partial charge on any atom is 0.134 e. The minimum atomic E-state index is 0.143. The van der Waals surface area contributed by atoms with E-state index in [9.17, 15) is 4.79 Å². The Morgan fingerprint density at radius 1 is 1.32 bits per heavy atom. The fourth-order valence-electron chi connectivity index (χ4n) is 2.49. The van der Waals surface area contributed by atoms with Crippen molar-refractivity contribution in [1.29, 1.82) is 0 Å². The van der Waals surface area contributed by atoms with Crippen molar-refractivity contribution in [2.45, 2.75) is 34.1 Å². The maximum absolute atomic E-state index is 11.4. The van der Waals surface area contributed by atoms with Crippen molar-refractivity contribution in [3.05, 3.63) is 58.7 Å². The van der Waals surface area contributed by atoms with Crippen LogP contribution in [0, 0.1) is 13.8 Å². The summed E-state index contributed by atoms with van der Waals surface area (Å²) in [5.41, 5.74) is 6.74. The number of hydrogen-bond acceptors (Lipinski definition) is 2. The summed E-state index contributed by atoms with van der Waals surface area (Å²) < 4.78 is 0. The van der Waals surface area contributed by atoms with Crippen molar-refractivity contribution in [3.63, 3.8) is 0 Å². The van der Waals surface area contributed by atoms with Crippen LogP contribution in [-0.2, 0) is 4.79 Å². The highest BCUT2D eigenvalue weighted by atomic mass is 16.1. The number of Topliss-reactive ketones (excluding diaryl/α,β-unsaturated/α-hetero) is 1. The lowest BCUT2D eigenvalue weighted by Crippen LogP contribution is -1.97. The monoisotopic (exact) mass is 295 g/mol. The van der Waals surface area contributed by atoms with Gasteiger partial charge in [-0.3, -0.25) is 9.79 Å². The lowest BCUT2D eigenvalue weighted by atomic mass is 9.91. The summed E-state index contributed by atoms with van der Waals surface area (Å²) in [6.07, 6.45) is 8.17. The van der Waals surface area contributed by atoms with Gasteiger partial charge in [0, 0.05) is 19.7 Å². The second-order valence-electron chi connectivity index (χ2n) is 5.40. The molecule has 0 N–H and O–H groups in total. The van der Waals surface area contributed by atoms with Gasteiger partial charge < -0.3 is 0 Å². The molecule has 0 aliphatic carbocycles. The van der Waals surface area contributed by atoms with Crippen molar-refractivity contribution in [2.75, 3.05) is 7.05 Å². The molecule has 0 aliphatic heterocycles. The summed E-state index contributed by atoms with van der Waals surface area (Å²) >= 11 is 0. The summed E-state index contributed by atoms with van der Waals surface area (Å²) in [6, 6.07) is 4.23. The highest BCUT2D eigenvalue weighted by molar-refractivity contribution is 6.10. The Hall–Kier alpha value is -2.22. The first kappa shape index (κ1) is 17.8. The van der Waals surface area contributed by atoms with Crippen LogP contribution in [0.3, 0.4) is 0 Å². The van der Waals surface area contributed by atoms with Gasteiger partial charge in [0.15, 0.2) is 0 Å². The normalized spacial score (nSPS) is 12.8. The molecule has 0 aromatic heterocycles. The number of allylic oxidation sites excluding steroid dienone is 4. The zero-order valence-electron chi connectivity index (χ0n) is 14.2. The van der Waals surface area contributed by atoms with Crippen LogP contribution in [0.4, 0.5) is 0 Å². The van der Waals surface area contributed by atoms with E-state index in [2.05, 4.69) is 49.7 Å². The van der Waals surface area contributed by atoms with Crippen LogP contribution in [0.2, 0.25) is 0 Å². The third kappa shape index (κ3) is 4.39. The lowest BCUT2D eigenvalue weighted by Gasteiger charge is -2.13. The van der Waals surface area contributed by atoms with Gasteiger partial charge in [-0.2, -0.15) is 0 Å². The van der Waals surface area contributed by atoms with E-state index in [0.717, 1.165) is 22.3 Å². The van der Waals surface area contributed by atoms with Crippen LogP contribution >= 0.6 is 0 Å². The van der Waals surface area contributed by atoms with Gasteiger partial charge in [0.1, 0.15) is 5.78 Å². The van der Waals surface area contributed by atoms with Crippen LogP contribution in [-0.4, -0.2) is 19.0 Å². The molecule has 2 heteroatoms. The number of aliphatic imine (C=N–C) groups is 1. The zero-order chi connectivity index (χ0) is 16.7. The molecule has 22 heavy (non-hydrogen) atoms. The van der Waals surface area contributed by atoms with E-state index in [1.165, 1.54) is 11.1 Å². The molecule has 0 atom stereocenters. The predicted molar refractivity (Wildman–Crippen MR) is 97.5 cm³/mol. The fourth-order valence-corrected chi connectivity index (χ4v) is 2.49. The third-order valence-corrected chi connectivity index (χ3v) is 3.67. The first-order valence-electron chi connectivity index (χ1n) is 7.46. The Kier molecular flexibility index (Phi) is 6.71. The smallest absolute Gasteiger partial charge is 0.134 e. The van der Waals surface area contributed by atoms with E-state index in [0.29, 0.717) is 6.42 Å². The number of rotatable bonds is 6. The molecule has 0 unspecified atom stereocenters. The number of benzene rings is 1. The van der Waals surface area contributed by atoms with E-state index in [-0.39, 0.29) is 5.78 Å². The first-order chi connectivity index (χ1) is 10.4. The topological polar surface area (TPSA) is 29.4 Å². The number of nitrogens with zero attached hydrogens (tertiary/aromatic N) is 1. The molecule has 0 saturated carbocycles. The summed E-state index contributed by atoms with van der Waals surface area (Å²) in [6.45, 7) is 11.6. The van der Waals surface area contributed by atoms with Crippen LogP contribution in [0.25, 0.3) is 11.6 Å². The molecule has 0 spiro atoms. The molecule has 1 aromatic carbocycles. The average molecular weight is 295 g/mol. The van der Waals surface area contributed by atoms with Crippen LogP contribution in [0.1, 0.15) is 42.5 Å². The molecule has 0 fully saturated rings. The Morgan fingerprint density at radius 2 is 2.00 bits per heavy atom. The predicted octanol–water partition coefficient (Wildman–Crippen LogP) is 4.96. The van der Waals surface area contributed by atoms with E-state index < -0.39 is 0 Å². The van der Waals surface area contributed by atoms with Gasteiger partial charge in [0.25, 0.3) is 0 Å². The molecular weight excluding hydrogens is 270 g/mol. The number of aryl methyl sites for hydroxylation is 1. The first-order valence-corrected chi connectivity index (χ1v) is 7.46. The molecule has 2 nitrogen and oxygen atoms in total. The quantitative estimate of drug-likeness (QED) is 0.539. The molecule has 0 saturated heterocycles. The van der Waals surface area contributed by atoms with Gasteiger partial charge in [0.05, 0.1) is 0 Å². The molecule has 116 valence electrons. The highest BCUT2D eigenvalue weighted by Crippen LogP contribution is 2.26. The third-order valence-electron chi connectivity index (χ3n) is 3.67. The second kappa shape index (κ2) is 8.28. The fraction of sp³-hybridized carbons (Fsp3) is 0.300. The van der Waals surface area contributed by atoms with Crippen LogP contribution in [0.15, 0.2) is 41.4 Å². The van der Waals surface area contributed by atoms with Crippen molar-refractivity contribution in [3.8, 4) is 0 Å². The standard InChI is InChI=1S/C20H25NO/c1-7-17(11-15(4)22)12-20-14(3)9-10-19(16(20)5)18(8-2)13-21-6/h7-10,12-13H,1,11H2,2-6H3/b17-12+,18-8+,21-13-.